The van der Waals surface area contributed by atoms with Gasteiger partial charge in [-0.2, -0.15) is 0 Å². The van der Waals surface area contributed by atoms with E-state index in [9.17, 15) is 4.79 Å². The van der Waals surface area contributed by atoms with Crippen molar-refractivity contribution in [3.63, 3.8) is 0 Å². The molecular weight excluding hydrogens is 340 g/mol. The van der Waals surface area contributed by atoms with Gasteiger partial charge in [-0.05, 0) is 25.8 Å². The number of hydrogen-bond donors (Lipinski definition) is 1. The normalized spacial score (nSPS) is 10.8. The van der Waals surface area contributed by atoms with Gasteiger partial charge in [-0.1, -0.05) is 60.4 Å². The van der Waals surface area contributed by atoms with E-state index in [1.54, 1.807) is 0 Å². The highest BCUT2D eigenvalue weighted by molar-refractivity contribution is 8.01. The Morgan fingerprint density at radius 3 is 2.71 bits per heavy atom. The van der Waals surface area contributed by atoms with Gasteiger partial charge < -0.3 is 10.2 Å². The molecule has 7 heteroatoms. The summed E-state index contributed by atoms with van der Waals surface area (Å²) in [5, 5.41) is 12.2. The fourth-order valence-corrected chi connectivity index (χ4v) is 3.78. The molecule has 0 unspecified atom stereocenters. The van der Waals surface area contributed by atoms with E-state index >= 15 is 0 Å². The van der Waals surface area contributed by atoms with E-state index < -0.39 is 0 Å². The third kappa shape index (κ3) is 5.79. The second-order valence-electron chi connectivity index (χ2n) is 5.69. The van der Waals surface area contributed by atoms with Crippen molar-refractivity contribution in [1.29, 1.82) is 0 Å². The predicted octanol–water partition coefficient (Wildman–Crippen LogP) is 3.89. The zero-order valence-corrected chi connectivity index (χ0v) is 16.0. The first kappa shape index (κ1) is 18.7. The van der Waals surface area contributed by atoms with Crippen LogP contribution in [0.2, 0.25) is 0 Å². The fraction of sp³-hybridized carbons (Fsp3) is 0.471. The van der Waals surface area contributed by atoms with Crippen molar-refractivity contribution in [1.82, 2.24) is 15.1 Å². The molecule has 2 rings (SSSR count). The second kappa shape index (κ2) is 9.64. The van der Waals surface area contributed by atoms with Crippen molar-refractivity contribution in [3.8, 4) is 0 Å². The van der Waals surface area contributed by atoms with Crippen molar-refractivity contribution in [2.24, 2.45) is 0 Å². The predicted molar refractivity (Wildman–Crippen MR) is 102 cm³/mol. The Balaban J connectivity index is 1.89. The minimum absolute atomic E-state index is 0.122. The van der Waals surface area contributed by atoms with Gasteiger partial charge >= 0.3 is 0 Å². The summed E-state index contributed by atoms with van der Waals surface area (Å²) in [4.78, 5) is 14.5. The van der Waals surface area contributed by atoms with E-state index in [1.165, 1.54) is 23.1 Å². The number of amides is 1. The van der Waals surface area contributed by atoms with Gasteiger partial charge in [0.1, 0.15) is 0 Å². The van der Waals surface area contributed by atoms with Crippen LogP contribution in [0.3, 0.4) is 0 Å². The highest BCUT2D eigenvalue weighted by Gasteiger charge is 2.18. The van der Waals surface area contributed by atoms with Gasteiger partial charge in [0, 0.05) is 19.1 Å². The van der Waals surface area contributed by atoms with Gasteiger partial charge in [-0.3, -0.25) is 4.79 Å². The number of benzene rings is 1. The molecule has 0 bridgehead atoms. The first-order chi connectivity index (χ1) is 11.6. The molecular formula is C17H24N4OS2. The number of aromatic nitrogens is 2. The average Bonchev–Trinajstić information content (AvgIpc) is 3.04. The highest BCUT2D eigenvalue weighted by atomic mass is 32.2. The van der Waals surface area contributed by atoms with Crippen LogP contribution < -0.4 is 5.32 Å². The first-order valence-electron chi connectivity index (χ1n) is 8.13. The maximum absolute atomic E-state index is 12.6. The Kier molecular flexibility index (Phi) is 7.52. The molecule has 1 aromatic heterocycles. The lowest BCUT2D eigenvalue weighted by atomic mass is 10.2. The lowest BCUT2D eigenvalue weighted by Crippen LogP contribution is -2.37. The van der Waals surface area contributed by atoms with Crippen LogP contribution in [-0.4, -0.2) is 39.3 Å². The minimum atomic E-state index is 0.122. The van der Waals surface area contributed by atoms with Crippen LogP contribution in [-0.2, 0) is 11.3 Å². The van der Waals surface area contributed by atoms with Crippen LogP contribution in [0, 0.1) is 0 Å². The van der Waals surface area contributed by atoms with Crippen molar-refractivity contribution in [3.05, 3.63) is 35.9 Å². The smallest absolute Gasteiger partial charge is 0.233 e. The lowest BCUT2D eigenvalue weighted by Gasteiger charge is -2.26. The lowest BCUT2D eigenvalue weighted by molar-refractivity contribution is -0.130. The van der Waals surface area contributed by atoms with Crippen molar-refractivity contribution in [2.75, 3.05) is 17.6 Å². The molecule has 1 amide bonds. The number of rotatable bonds is 9. The number of nitrogens with zero attached hydrogens (tertiary/aromatic N) is 3. The van der Waals surface area contributed by atoms with Crippen molar-refractivity contribution < 1.29 is 4.79 Å². The second-order valence-corrected chi connectivity index (χ2v) is 7.89. The highest BCUT2D eigenvalue weighted by Crippen LogP contribution is 2.26. The molecule has 24 heavy (non-hydrogen) atoms. The third-order valence-corrected chi connectivity index (χ3v) is 5.39. The zero-order valence-electron chi connectivity index (χ0n) is 14.4. The summed E-state index contributed by atoms with van der Waals surface area (Å²) in [7, 11) is 0. The van der Waals surface area contributed by atoms with Gasteiger partial charge in [0.2, 0.25) is 11.0 Å². The van der Waals surface area contributed by atoms with Crippen LogP contribution in [0.1, 0.15) is 32.8 Å². The van der Waals surface area contributed by atoms with Crippen LogP contribution >= 0.6 is 23.1 Å². The Hall–Kier alpha value is -1.60. The molecule has 0 aliphatic carbocycles. The number of anilines is 1. The number of carbonyl (C=O) groups is 1. The minimum Gasteiger partial charge on any atom is -0.360 e. The van der Waals surface area contributed by atoms with Gasteiger partial charge in [-0.25, -0.2) is 0 Å². The maximum atomic E-state index is 12.6. The average molecular weight is 365 g/mol. The molecule has 0 fully saturated rings. The molecule has 1 heterocycles. The number of thioether (sulfide) groups is 1. The van der Waals surface area contributed by atoms with E-state index in [0.29, 0.717) is 12.3 Å². The SMILES string of the molecule is CCCNc1nnc(SCC(=O)N(Cc2ccccc2)C(C)C)s1. The molecule has 0 aliphatic heterocycles. The van der Waals surface area contributed by atoms with Gasteiger partial charge in [-0.15, -0.1) is 10.2 Å². The number of carbonyl (C=O) groups excluding carboxylic acids is 1. The molecule has 0 radical (unpaired) electrons. The van der Waals surface area contributed by atoms with E-state index in [0.717, 1.165) is 28.0 Å². The molecule has 1 aromatic carbocycles. The summed E-state index contributed by atoms with van der Waals surface area (Å²) in [6.07, 6.45) is 1.05. The Bertz CT molecular complexity index is 631. The Morgan fingerprint density at radius 2 is 2.04 bits per heavy atom. The molecule has 0 spiro atoms. The van der Waals surface area contributed by atoms with Gasteiger partial charge in [0.05, 0.1) is 5.75 Å². The van der Waals surface area contributed by atoms with Gasteiger partial charge in [0.15, 0.2) is 4.34 Å². The maximum Gasteiger partial charge on any atom is 0.233 e. The molecule has 5 nitrogen and oxygen atoms in total. The largest absolute Gasteiger partial charge is 0.360 e. The standard InChI is InChI=1S/C17H24N4OS2/c1-4-10-18-16-19-20-17(24-16)23-12-15(22)21(13(2)3)11-14-8-6-5-7-9-14/h5-9,13H,4,10-12H2,1-3H3,(H,18,19). The third-order valence-electron chi connectivity index (χ3n) is 3.39. The Labute approximate surface area is 151 Å². The van der Waals surface area contributed by atoms with Crippen molar-refractivity contribution >= 4 is 34.1 Å². The zero-order chi connectivity index (χ0) is 17.4. The molecule has 2 aromatic rings. The van der Waals surface area contributed by atoms with Gasteiger partial charge in [0.25, 0.3) is 0 Å². The fourth-order valence-electron chi connectivity index (χ4n) is 2.12. The van der Waals surface area contributed by atoms with E-state index in [2.05, 4.69) is 22.4 Å². The molecule has 0 aliphatic rings. The van der Waals surface area contributed by atoms with Crippen LogP contribution in [0.4, 0.5) is 5.13 Å². The van der Waals surface area contributed by atoms with Crippen molar-refractivity contribution in [2.45, 2.75) is 44.1 Å². The summed E-state index contributed by atoms with van der Waals surface area (Å²) >= 11 is 2.95. The summed E-state index contributed by atoms with van der Waals surface area (Å²) in [5.74, 6) is 0.505. The van der Waals surface area contributed by atoms with E-state index in [1.807, 2.05) is 49.1 Å². The quantitative estimate of drug-likeness (QED) is 0.684. The number of hydrogen-bond acceptors (Lipinski definition) is 6. The van der Waals surface area contributed by atoms with E-state index in [-0.39, 0.29) is 11.9 Å². The summed E-state index contributed by atoms with van der Waals surface area (Å²) < 4.78 is 0.824. The molecule has 130 valence electrons. The Morgan fingerprint density at radius 1 is 1.29 bits per heavy atom. The summed E-state index contributed by atoms with van der Waals surface area (Å²) in [6.45, 7) is 7.72. The van der Waals surface area contributed by atoms with E-state index in [4.69, 9.17) is 0 Å². The number of nitrogens with one attached hydrogen (secondary N) is 1. The molecule has 1 N–H and O–H groups in total. The van der Waals surface area contributed by atoms with Crippen LogP contribution in [0.5, 0.6) is 0 Å². The monoisotopic (exact) mass is 364 g/mol. The molecule has 0 atom stereocenters. The first-order valence-corrected chi connectivity index (χ1v) is 9.94. The summed E-state index contributed by atoms with van der Waals surface area (Å²) in [6, 6.07) is 10.2. The topological polar surface area (TPSA) is 58.1 Å². The van der Waals surface area contributed by atoms with Crippen LogP contribution in [0.15, 0.2) is 34.7 Å². The summed E-state index contributed by atoms with van der Waals surface area (Å²) in [5.41, 5.74) is 1.14. The molecule has 0 saturated heterocycles. The van der Waals surface area contributed by atoms with Crippen LogP contribution in [0.25, 0.3) is 0 Å². The molecule has 0 saturated carbocycles.